The highest BCUT2D eigenvalue weighted by molar-refractivity contribution is 8.03. The minimum atomic E-state index is -0.883. The molecule has 6 atom stereocenters. The topological polar surface area (TPSA) is 143 Å². The van der Waals surface area contributed by atoms with Gasteiger partial charge in [0.05, 0.1) is 29.0 Å². The van der Waals surface area contributed by atoms with E-state index >= 15 is 0 Å². The number of non-ortho nitro benzene ring substituents is 1. The van der Waals surface area contributed by atoms with E-state index in [4.69, 9.17) is 9.47 Å². The molecule has 0 saturated carbocycles. The van der Waals surface area contributed by atoms with E-state index in [0.29, 0.717) is 23.4 Å². The predicted octanol–water partition coefficient (Wildman–Crippen LogP) is 4.20. The molecular weight excluding hydrogens is 600 g/mol. The number of benzene rings is 1. The van der Waals surface area contributed by atoms with E-state index in [1.165, 1.54) is 40.9 Å². The number of thioether (sulfide) groups is 1. The molecule has 13 heteroatoms. The van der Waals surface area contributed by atoms with Crippen molar-refractivity contribution in [1.29, 1.82) is 0 Å². The van der Waals surface area contributed by atoms with Crippen molar-refractivity contribution in [3.63, 3.8) is 0 Å². The summed E-state index contributed by atoms with van der Waals surface area (Å²) in [5, 5.41) is 21.3. The lowest BCUT2D eigenvalue weighted by Gasteiger charge is -2.46. The normalized spacial score (nSPS) is 26.8. The van der Waals surface area contributed by atoms with Gasteiger partial charge in [-0.1, -0.05) is 19.1 Å². The molecule has 0 aromatic heterocycles. The zero-order valence-corrected chi connectivity index (χ0v) is 26.9. The van der Waals surface area contributed by atoms with Gasteiger partial charge in [0.15, 0.2) is 0 Å². The fourth-order valence-electron chi connectivity index (χ4n) is 6.24. The average Bonchev–Trinajstić information content (AvgIpc) is 3.68. The number of rotatable bonds is 9. The number of nitro benzene ring substituents is 1. The van der Waals surface area contributed by atoms with Gasteiger partial charge in [-0.25, -0.2) is 9.59 Å². The number of carbonyl (C=O) groups excluding carboxylic acids is 3. The lowest BCUT2D eigenvalue weighted by atomic mass is 9.79. The van der Waals surface area contributed by atoms with Gasteiger partial charge in [0.25, 0.3) is 5.69 Å². The number of hydrogen-bond donors (Lipinski definition) is 1. The summed E-state index contributed by atoms with van der Waals surface area (Å²) in [4.78, 5) is 56.6. The Balaban J connectivity index is 1.38. The maximum atomic E-state index is 13.6. The van der Waals surface area contributed by atoms with E-state index in [1.807, 2.05) is 40.0 Å². The molecule has 0 unspecified atom stereocenters. The van der Waals surface area contributed by atoms with E-state index in [9.17, 15) is 29.6 Å². The molecule has 4 aliphatic heterocycles. The number of nitro groups is 1. The van der Waals surface area contributed by atoms with Crippen LogP contribution in [-0.2, 0) is 25.7 Å². The molecule has 2 amide bonds. The second kappa shape index (κ2) is 12.9. The number of β-lactam (4-membered cyclic amide) rings is 1. The number of amides is 2. The second-order valence-electron chi connectivity index (χ2n) is 12.9. The summed E-state index contributed by atoms with van der Waals surface area (Å²) in [5.41, 5.74) is -0.0139. The summed E-state index contributed by atoms with van der Waals surface area (Å²) in [7, 11) is 0. The highest BCUT2D eigenvalue weighted by Crippen LogP contribution is 2.52. The van der Waals surface area contributed by atoms with Crippen molar-refractivity contribution in [1.82, 2.24) is 14.7 Å². The summed E-state index contributed by atoms with van der Waals surface area (Å²) in [6.07, 6.45) is 7.52. The number of esters is 1. The van der Waals surface area contributed by atoms with Gasteiger partial charge in [-0.2, -0.15) is 0 Å². The van der Waals surface area contributed by atoms with Crippen LogP contribution in [0.5, 0.6) is 0 Å². The monoisotopic (exact) mass is 640 g/mol. The largest absolute Gasteiger partial charge is 0.456 e. The minimum absolute atomic E-state index is 0.0727. The van der Waals surface area contributed by atoms with Gasteiger partial charge in [-0.3, -0.25) is 14.9 Å². The molecule has 4 aliphatic rings. The number of ether oxygens (including phenoxy) is 2. The van der Waals surface area contributed by atoms with Crippen LogP contribution in [0, 0.1) is 22.0 Å². The van der Waals surface area contributed by atoms with Crippen LogP contribution in [-0.4, -0.2) is 91.4 Å². The molecule has 2 fully saturated rings. The van der Waals surface area contributed by atoms with Gasteiger partial charge in [-0.05, 0) is 64.1 Å². The zero-order chi connectivity index (χ0) is 32.6. The molecule has 4 heterocycles. The summed E-state index contributed by atoms with van der Waals surface area (Å²) >= 11 is 1.47. The Hall–Kier alpha value is -3.84. The Kier molecular flexibility index (Phi) is 9.31. The van der Waals surface area contributed by atoms with Gasteiger partial charge in [0.2, 0.25) is 5.91 Å². The Labute approximate surface area is 266 Å². The highest BCUT2D eigenvalue weighted by Gasteiger charge is 2.60. The van der Waals surface area contributed by atoms with Crippen molar-refractivity contribution >= 4 is 35.4 Å². The number of likely N-dealkylation sites (tertiary alicyclic amines) is 1. The summed E-state index contributed by atoms with van der Waals surface area (Å²) < 4.78 is 11.4. The standard InChI is InChI=1S/C32H40N4O8S/c1-19-26-25(20(2)37)29(38)35(26)27(30(39)43-18-21-8-10-22(11-9-21)36(41)42)28(19)45-24-16-23(12-15-33-13-6-7-14-33)34(17-24)31(40)44-32(3,4)5/h6-12,15,19-20,23-26,37H,13-14,16-18H2,1-5H3/b15-12+/t19-,20-,23-,24+,25-,26-/m1/s1. The van der Waals surface area contributed by atoms with Crippen LogP contribution >= 0.6 is 11.8 Å². The average molecular weight is 641 g/mol. The number of carbonyl (C=O) groups is 3. The Morgan fingerprint density at radius 2 is 1.87 bits per heavy atom. The summed E-state index contributed by atoms with van der Waals surface area (Å²) in [6.45, 7) is 10.9. The van der Waals surface area contributed by atoms with Gasteiger partial charge < -0.3 is 29.3 Å². The molecule has 0 spiro atoms. The first kappa shape index (κ1) is 32.6. The molecule has 0 bridgehead atoms. The maximum absolute atomic E-state index is 13.6. The minimum Gasteiger partial charge on any atom is -0.456 e. The van der Waals surface area contributed by atoms with E-state index in [1.54, 1.807) is 11.8 Å². The molecule has 0 radical (unpaired) electrons. The van der Waals surface area contributed by atoms with Crippen LogP contribution < -0.4 is 0 Å². The number of aliphatic hydroxyl groups is 1. The molecule has 1 N–H and O–H groups in total. The van der Waals surface area contributed by atoms with Crippen molar-refractivity contribution in [3.05, 3.63) is 75.0 Å². The third kappa shape index (κ3) is 6.89. The third-order valence-electron chi connectivity index (χ3n) is 8.41. The van der Waals surface area contributed by atoms with Crippen LogP contribution in [0.1, 0.15) is 46.6 Å². The summed E-state index contributed by atoms with van der Waals surface area (Å²) in [5.74, 6) is -1.89. The lowest BCUT2D eigenvalue weighted by Crippen LogP contribution is -2.63. The number of nitrogens with zero attached hydrogens (tertiary/aromatic N) is 4. The fraction of sp³-hybridized carbons (Fsp3) is 0.531. The fourth-order valence-corrected chi connectivity index (χ4v) is 7.78. The van der Waals surface area contributed by atoms with Crippen molar-refractivity contribution in [2.45, 2.75) is 76.7 Å². The quantitative estimate of drug-likeness (QED) is 0.137. The molecule has 12 nitrogen and oxygen atoms in total. The van der Waals surface area contributed by atoms with Gasteiger partial charge >= 0.3 is 12.1 Å². The first-order valence-corrected chi connectivity index (χ1v) is 16.0. The molecule has 2 saturated heterocycles. The third-order valence-corrected chi connectivity index (χ3v) is 9.91. The molecule has 0 aliphatic carbocycles. The molecule has 5 rings (SSSR count). The van der Waals surface area contributed by atoms with E-state index in [-0.39, 0.29) is 47.2 Å². The Morgan fingerprint density at radius 1 is 1.20 bits per heavy atom. The second-order valence-corrected chi connectivity index (χ2v) is 14.3. The van der Waals surface area contributed by atoms with E-state index in [0.717, 1.165) is 13.1 Å². The van der Waals surface area contributed by atoms with Crippen LogP contribution in [0.3, 0.4) is 0 Å². The van der Waals surface area contributed by atoms with E-state index < -0.39 is 34.6 Å². The predicted molar refractivity (Wildman–Crippen MR) is 167 cm³/mol. The van der Waals surface area contributed by atoms with Crippen LogP contribution in [0.25, 0.3) is 0 Å². The first-order chi connectivity index (χ1) is 21.2. The zero-order valence-electron chi connectivity index (χ0n) is 26.1. The van der Waals surface area contributed by atoms with Crippen LogP contribution in [0.2, 0.25) is 0 Å². The lowest BCUT2D eigenvalue weighted by molar-refractivity contribution is -0.384. The SMILES string of the molecule is C[C@@H](O)[C@H]1C(=O)N2C(C(=O)OCc3ccc([N+](=O)[O-])cc3)=C(S[C@H]3C[C@@H](/C=C/N4CC=CC4)N(C(=O)OC(C)(C)C)C3)[C@H](C)[C@H]12. The van der Waals surface area contributed by atoms with Crippen molar-refractivity contribution in [2.75, 3.05) is 19.6 Å². The van der Waals surface area contributed by atoms with Crippen molar-refractivity contribution < 1.29 is 33.9 Å². The molecule has 1 aromatic rings. The van der Waals surface area contributed by atoms with Crippen molar-refractivity contribution in [3.8, 4) is 0 Å². The van der Waals surface area contributed by atoms with Gasteiger partial charge in [-0.15, -0.1) is 11.8 Å². The van der Waals surface area contributed by atoms with Crippen LogP contribution in [0.4, 0.5) is 10.5 Å². The smallest absolute Gasteiger partial charge is 0.410 e. The molecular formula is C32H40N4O8S. The van der Waals surface area contributed by atoms with Gasteiger partial charge in [0, 0.05) is 47.8 Å². The van der Waals surface area contributed by atoms with Gasteiger partial charge in [0.1, 0.15) is 17.9 Å². The Morgan fingerprint density at radius 3 is 2.47 bits per heavy atom. The highest BCUT2D eigenvalue weighted by atomic mass is 32.2. The molecule has 45 heavy (non-hydrogen) atoms. The van der Waals surface area contributed by atoms with E-state index in [2.05, 4.69) is 17.1 Å². The number of aliphatic hydroxyl groups excluding tert-OH is 1. The van der Waals surface area contributed by atoms with Crippen molar-refractivity contribution in [2.24, 2.45) is 11.8 Å². The number of fused-ring (bicyclic) bond motifs is 1. The maximum Gasteiger partial charge on any atom is 0.410 e. The first-order valence-electron chi connectivity index (χ1n) is 15.1. The Bertz CT molecular complexity index is 1430. The summed E-state index contributed by atoms with van der Waals surface area (Å²) in [6, 6.07) is 5.10. The van der Waals surface area contributed by atoms with Crippen LogP contribution in [0.15, 0.2) is 59.3 Å². The molecule has 1 aromatic carbocycles. The molecule has 242 valence electrons. The number of hydrogen-bond acceptors (Lipinski definition) is 10.